The number of benzene rings is 2. The van der Waals surface area contributed by atoms with Gasteiger partial charge in [-0.3, -0.25) is 4.79 Å². The molecule has 1 N–H and O–H groups in total. The third kappa shape index (κ3) is 4.51. The van der Waals surface area contributed by atoms with Crippen LogP contribution < -0.4 is 14.8 Å². The quantitative estimate of drug-likeness (QED) is 0.814. The van der Waals surface area contributed by atoms with Gasteiger partial charge in [0.15, 0.2) is 6.10 Å². The van der Waals surface area contributed by atoms with E-state index in [1.165, 1.54) is 0 Å². The van der Waals surface area contributed by atoms with Crippen molar-refractivity contribution in [2.75, 3.05) is 11.9 Å². The molecule has 0 saturated carbocycles. The number of ether oxygens (including phenoxy) is 2. The van der Waals surface area contributed by atoms with Crippen LogP contribution in [0.25, 0.3) is 0 Å². The van der Waals surface area contributed by atoms with E-state index in [0.29, 0.717) is 18.7 Å². The first-order chi connectivity index (χ1) is 11.5. The Morgan fingerprint density at radius 1 is 1.12 bits per heavy atom. The SMILES string of the molecule is CCOc1cccc(NC(=O)[C@H](CC)Oc2cccc(C)c2C)c1. The lowest BCUT2D eigenvalue weighted by Crippen LogP contribution is -2.32. The lowest BCUT2D eigenvalue weighted by molar-refractivity contribution is -0.122. The summed E-state index contributed by atoms with van der Waals surface area (Å²) in [6.07, 6.45) is 0.0472. The molecular weight excluding hydrogens is 302 g/mol. The van der Waals surface area contributed by atoms with Gasteiger partial charge >= 0.3 is 0 Å². The molecule has 128 valence electrons. The van der Waals surface area contributed by atoms with Gasteiger partial charge in [-0.05, 0) is 56.5 Å². The molecule has 2 rings (SSSR count). The molecule has 0 radical (unpaired) electrons. The minimum absolute atomic E-state index is 0.160. The molecule has 0 aliphatic carbocycles. The molecule has 2 aromatic carbocycles. The van der Waals surface area contributed by atoms with Crippen LogP contribution in [0.5, 0.6) is 11.5 Å². The molecule has 0 unspecified atom stereocenters. The lowest BCUT2D eigenvalue weighted by Gasteiger charge is -2.19. The average Bonchev–Trinajstić information content (AvgIpc) is 2.56. The van der Waals surface area contributed by atoms with Gasteiger partial charge in [-0.15, -0.1) is 0 Å². The van der Waals surface area contributed by atoms with E-state index in [2.05, 4.69) is 5.32 Å². The van der Waals surface area contributed by atoms with E-state index < -0.39 is 6.10 Å². The highest BCUT2D eigenvalue weighted by Gasteiger charge is 2.19. The molecule has 0 saturated heterocycles. The third-order valence-electron chi connectivity index (χ3n) is 3.90. The Hall–Kier alpha value is -2.49. The van der Waals surface area contributed by atoms with Gasteiger partial charge in [0.05, 0.1) is 6.61 Å². The molecule has 2 aromatic rings. The van der Waals surface area contributed by atoms with Gasteiger partial charge in [-0.25, -0.2) is 0 Å². The monoisotopic (exact) mass is 327 g/mol. The van der Waals surface area contributed by atoms with Crippen molar-refractivity contribution in [1.82, 2.24) is 0 Å². The molecule has 1 atom stereocenters. The highest BCUT2D eigenvalue weighted by molar-refractivity contribution is 5.94. The van der Waals surface area contributed by atoms with Crippen molar-refractivity contribution in [2.45, 2.75) is 40.2 Å². The van der Waals surface area contributed by atoms with Gasteiger partial charge < -0.3 is 14.8 Å². The average molecular weight is 327 g/mol. The highest BCUT2D eigenvalue weighted by atomic mass is 16.5. The molecule has 4 heteroatoms. The Bertz CT molecular complexity index is 697. The Labute approximate surface area is 143 Å². The van der Waals surface area contributed by atoms with E-state index in [1.807, 2.05) is 70.2 Å². The van der Waals surface area contributed by atoms with Crippen LogP contribution in [0, 0.1) is 13.8 Å². The molecule has 4 nitrogen and oxygen atoms in total. The number of carbonyl (C=O) groups is 1. The van der Waals surface area contributed by atoms with E-state index in [9.17, 15) is 4.79 Å². The van der Waals surface area contributed by atoms with Gasteiger partial charge in [0.25, 0.3) is 5.91 Å². The molecule has 0 heterocycles. The number of amides is 1. The first kappa shape index (κ1) is 17.9. The number of nitrogens with one attached hydrogen (secondary N) is 1. The summed E-state index contributed by atoms with van der Waals surface area (Å²) in [6, 6.07) is 13.2. The van der Waals surface area contributed by atoms with E-state index in [1.54, 1.807) is 0 Å². The van der Waals surface area contributed by atoms with E-state index in [0.717, 1.165) is 22.6 Å². The molecule has 0 aliphatic heterocycles. The molecule has 0 aliphatic rings. The molecule has 1 amide bonds. The van der Waals surface area contributed by atoms with Crippen molar-refractivity contribution < 1.29 is 14.3 Å². The van der Waals surface area contributed by atoms with Crippen molar-refractivity contribution in [3.8, 4) is 11.5 Å². The minimum Gasteiger partial charge on any atom is -0.494 e. The van der Waals surface area contributed by atoms with Crippen LogP contribution in [0.15, 0.2) is 42.5 Å². The van der Waals surface area contributed by atoms with Gasteiger partial charge in [0, 0.05) is 11.8 Å². The number of rotatable bonds is 7. The number of carbonyl (C=O) groups excluding carboxylic acids is 1. The normalized spacial score (nSPS) is 11.7. The van der Waals surface area contributed by atoms with Crippen LogP contribution in [0.4, 0.5) is 5.69 Å². The molecule has 0 bridgehead atoms. The van der Waals surface area contributed by atoms with E-state index >= 15 is 0 Å². The summed E-state index contributed by atoms with van der Waals surface area (Å²) in [5, 5.41) is 2.90. The summed E-state index contributed by atoms with van der Waals surface area (Å²) in [7, 11) is 0. The van der Waals surface area contributed by atoms with Gasteiger partial charge in [-0.2, -0.15) is 0 Å². The fourth-order valence-corrected chi connectivity index (χ4v) is 2.38. The Morgan fingerprint density at radius 3 is 2.58 bits per heavy atom. The summed E-state index contributed by atoms with van der Waals surface area (Å²) in [6.45, 7) is 8.48. The zero-order valence-corrected chi connectivity index (χ0v) is 14.8. The Morgan fingerprint density at radius 2 is 1.88 bits per heavy atom. The zero-order valence-electron chi connectivity index (χ0n) is 14.8. The summed E-state index contributed by atoms with van der Waals surface area (Å²) in [5.41, 5.74) is 2.91. The van der Waals surface area contributed by atoms with Crippen molar-refractivity contribution in [2.24, 2.45) is 0 Å². The van der Waals surface area contributed by atoms with Crippen LogP contribution in [0.3, 0.4) is 0 Å². The lowest BCUT2D eigenvalue weighted by atomic mass is 10.1. The van der Waals surface area contributed by atoms with Crippen LogP contribution in [-0.2, 0) is 4.79 Å². The molecule has 0 fully saturated rings. The fourth-order valence-electron chi connectivity index (χ4n) is 2.38. The Kier molecular flexibility index (Phi) is 6.24. The molecule has 0 aromatic heterocycles. The maximum Gasteiger partial charge on any atom is 0.265 e. The standard InChI is InChI=1S/C20H25NO3/c1-5-18(24-19-12-7-9-14(3)15(19)4)20(22)21-16-10-8-11-17(13-16)23-6-2/h7-13,18H,5-6H2,1-4H3,(H,21,22)/t18-/m0/s1. The van der Waals surface area contributed by atoms with Gasteiger partial charge in [0.1, 0.15) is 11.5 Å². The predicted molar refractivity (Wildman–Crippen MR) is 96.9 cm³/mol. The maximum atomic E-state index is 12.5. The third-order valence-corrected chi connectivity index (χ3v) is 3.90. The van der Waals surface area contributed by atoms with Crippen molar-refractivity contribution in [1.29, 1.82) is 0 Å². The summed E-state index contributed by atoms with van der Waals surface area (Å²) in [4.78, 5) is 12.5. The second-order valence-electron chi connectivity index (χ2n) is 5.66. The smallest absolute Gasteiger partial charge is 0.265 e. The molecule has 0 spiro atoms. The number of hydrogen-bond donors (Lipinski definition) is 1. The minimum atomic E-state index is -0.541. The summed E-state index contributed by atoms with van der Waals surface area (Å²) >= 11 is 0. The van der Waals surface area contributed by atoms with Gasteiger partial charge in [-0.1, -0.05) is 25.1 Å². The van der Waals surface area contributed by atoms with Crippen LogP contribution in [-0.4, -0.2) is 18.6 Å². The Balaban J connectivity index is 2.08. The largest absolute Gasteiger partial charge is 0.494 e. The number of hydrogen-bond acceptors (Lipinski definition) is 3. The molecule has 24 heavy (non-hydrogen) atoms. The van der Waals surface area contributed by atoms with E-state index in [-0.39, 0.29) is 5.91 Å². The van der Waals surface area contributed by atoms with Crippen LogP contribution >= 0.6 is 0 Å². The maximum absolute atomic E-state index is 12.5. The zero-order chi connectivity index (χ0) is 17.5. The predicted octanol–water partition coefficient (Wildman–Crippen LogP) is 4.50. The second-order valence-corrected chi connectivity index (χ2v) is 5.66. The van der Waals surface area contributed by atoms with Crippen LogP contribution in [0.1, 0.15) is 31.4 Å². The van der Waals surface area contributed by atoms with Crippen molar-refractivity contribution in [3.63, 3.8) is 0 Å². The second kappa shape index (κ2) is 8.39. The van der Waals surface area contributed by atoms with Crippen molar-refractivity contribution >= 4 is 11.6 Å². The first-order valence-electron chi connectivity index (χ1n) is 8.31. The number of anilines is 1. The topological polar surface area (TPSA) is 47.6 Å². The first-order valence-corrected chi connectivity index (χ1v) is 8.31. The summed E-state index contributed by atoms with van der Waals surface area (Å²) < 4.78 is 11.4. The molecular formula is C20H25NO3. The van der Waals surface area contributed by atoms with E-state index in [4.69, 9.17) is 9.47 Å². The van der Waals surface area contributed by atoms with Gasteiger partial charge in [0.2, 0.25) is 0 Å². The highest BCUT2D eigenvalue weighted by Crippen LogP contribution is 2.23. The number of aryl methyl sites for hydroxylation is 1. The van der Waals surface area contributed by atoms with Crippen LogP contribution in [0.2, 0.25) is 0 Å². The summed E-state index contributed by atoms with van der Waals surface area (Å²) in [5.74, 6) is 1.32. The van der Waals surface area contributed by atoms with Crippen molar-refractivity contribution in [3.05, 3.63) is 53.6 Å². The fraction of sp³-hybridized carbons (Fsp3) is 0.350.